The van der Waals surface area contributed by atoms with Gasteiger partial charge in [-0.1, -0.05) is 39.5 Å². The molecule has 19 heavy (non-hydrogen) atoms. The molecule has 1 heterocycles. The molecule has 2 rings (SSSR count). The van der Waals surface area contributed by atoms with E-state index in [-0.39, 0.29) is 0 Å². The van der Waals surface area contributed by atoms with E-state index in [1.165, 1.54) is 44.2 Å². The first kappa shape index (κ1) is 14.6. The van der Waals surface area contributed by atoms with Crippen molar-refractivity contribution >= 4 is 0 Å². The molecule has 0 amide bonds. The maximum atomic E-state index is 4.30. The molecule has 3 nitrogen and oxygen atoms in total. The maximum absolute atomic E-state index is 4.30. The van der Waals surface area contributed by atoms with Gasteiger partial charge in [0.2, 0.25) is 0 Å². The first-order valence-electron chi connectivity index (χ1n) is 7.99. The Morgan fingerprint density at radius 2 is 2.11 bits per heavy atom. The van der Waals surface area contributed by atoms with Gasteiger partial charge in [0.25, 0.3) is 0 Å². The number of rotatable bonds is 7. The Kier molecular flexibility index (Phi) is 5.90. The third-order valence-corrected chi connectivity index (χ3v) is 4.45. The Labute approximate surface area is 117 Å². The molecule has 1 aliphatic rings. The monoisotopic (exact) mass is 263 g/mol. The van der Waals surface area contributed by atoms with Gasteiger partial charge in [0.15, 0.2) is 0 Å². The van der Waals surface area contributed by atoms with Crippen LogP contribution in [0, 0.1) is 11.8 Å². The Balaban J connectivity index is 1.74. The topological polar surface area (TPSA) is 29.9 Å². The van der Waals surface area contributed by atoms with Crippen molar-refractivity contribution < 1.29 is 0 Å². The smallest absolute Gasteiger partial charge is 0.0948 e. The minimum Gasteiger partial charge on any atom is -0.333 e. The average Bonchev–Trinajstić information content (AvgIpc) is 2.86. The number of hydrogen-bond acceptors (Lipinski definition) is 2. The van der Waals surface area contributed by atoms with E-state index in [4.69, 9.17) is 0 Å². The minimum atomic E-state index is 0.940. The zero-order valence-corrected chi connectivity index (χ0v) is 12.6. The molecule has 3 heteroatoms. The molecule has 0 unspecified atom stereocenters. The third kappa shape index (κ3) is 4.64. The zero-order valence-electron chi connectivity index (χ0n) is 12.6. The highest BCUT2D eigenvalue weighted by Gasteiger charge is 2.18. The Morgan fingerprint density at radius 3 is 2.84 bits per heavy atom. The van der Waals surface area contributed by atoms with Crippen LogP contribution in [0.25, 0.3) is 0 Å². The van der Waals surface area contributed by atoms with E-state index < -0.39 is 0 Å². The van der Waals surface area contributed by atoms with Crippen LogP contribution in [0.4, 0.5) is 0 Å². The summed E-state index contributed by atoms with van der Waals surface area (Å²) in [6, 6.07) is 0. The first-order valence-corrected chi connectivity index (χ1v) is 7.99. The Morgan fingerprint density at radius 1 is 1.32 bits per heavy atom. The lowest BCUT2D eigenvalue weighted by molar-refractivity contribution is 0.268. The lowest BCUT2D eigenvalue weighted by atomic mass is 9.81. The van der Waals surface area contributed by atoms with E-state index in [9.17, 15) is 0 Å². The summed E-state index contributed by atoms with van der Waals surface area (Å²) >= 11 is 0. The van der Waals surface area contributed by atoms with Gasteiger partial charge in [-0.2, -0.15) is 0 Å². The summed E-state index contributed by atoms with van der Waals surface area (Å²) in [5.41, 5.74) is 1.33. The molecule has 1 N–H and O–H groups in total. The average molecular weight is 263 g/mol. The molecule has 1 aromatic rings. The molecule has 108 valence electrons. The summed E-state index contributed by atoms with van der Waals surface area (Å²) in [6.45, 7) is 7.78. The highest BCUT2D eigenvalue weighted by molar-refractivity contribution is 4.97. The van der Waals surface area contributed by atoms with Gasteiger partial charge in [0, 0.05) is 19.3 Å². The van der Waals surface area contributed by atoms with Gasteiger partial charge in [0.1, 0.15) is 0 Å². The van der Waals surface area contributed by atoms with E-state index in [0.29, 0.717) is 0 Å². The molecule has 0 radical (unpaired) electrons. The molecule has 0 aromatic carbocycles. The molecule has 1 aromatic heterocycles. The molecule has 0 bridgehead atoms. The van der Waals surface area contributed by atoms with E-state index >= 15 is 0 Å². The molecule has 0 saturated heterocycles. The van der Waals surface area contributed by atoms with Crippen LogP contribution in [0.5, 0.6) is 0 Å². The predicted octanol–water partition coefficient (Wildman–Crippen LogP) is 3.60. The van der Waals surface area contributed by atoms with Crippen molar-refractivity contribution in [1.82, 2.24) is 14.9 Å². The normalized spacial score (nSPS) is 23.7. The summed E-state index contributed by atoms with van der Waals surface area (Å²) in [7, 11) is 0. The predicted molar refractivity (Wildman–Crippen MR) is 80.0 cm³/mol. The molecule has 0 atom stereocenters. The SMILES string of the molecule is CCCNCc1cncn1CCC1CCC(C)CC1. The van der Waals surface area contributed by atoms with Crippen LogP contribution in [0.2, 0.25) is 0 Å². The van der Waals surface area contributed by atoms with Crippen molar-refractivity contribution in [2.75, 3.05) is 6.54 Å². The van der Waals surface area contributed by atoms with Crippen molar-refractivity contribution in [1.29, 1.82) is 0 Å². The lowest BCUT2D eigenvalue weighted by Crippen LogP contribution is -2.18. The van der Waals surface area contributed by atoms with Crippen molar-refractivity contribution in [3.8, 4) is 0 Å². The number of aromatic nitrogens is 2. The van der Waals surface area contributed by atoms with Crippen molar-refractivity contribution in [2.24, 2.45) is 11.8 Å². The van der Waals surface area contributed by atoms with Crippen LogP contribution in [-0.4, -0.2) is 16.1 Å². The van der Waals surface area contributed by atoms with Gasteiger partial charge in [-0.15, -0.1) is 0 Å². The van der Waals surface area contributed by atoms with Gasteiger partial charge in [0.05, 0.1) is 12.0 Å². The summed E-state index contributed by atoms with van der Waals surface area (Å²) in [5, 5.41) is 3.46. The molecule has 1 aliphatic carbocycles. The number of hydrogen-bond donors (Lipinski definition) is 1. The van der Waals surface area contributed by atoms with Crippen LogP contribution < -0.4 is 5.32 Å². The van der Waals surface area contributed by atoms with Gasteiger partial charge in [-0.25, -0.2) is 4.98 Å². The van der Waals surface area contributed by atoms with E-state index in [1.807, 2.05) is 12.5 Å². The van der Waals surface area contributed by atoms with Crippen LogP contribution >= 0.6 is 0 Å². The van der Waals surface area contributed by atoms with Crippen LogP contribution in [0.15, 0.2) is 12.5 Å². The number of nitrogens with zero attached hydrogens (tertiary/aromatic N) is 2. The number of imidazole rings is 1. The summed E-state index contributed by atoms with van der Waals surface area (Å²) in [6.07, 6.45) is 12.2. The fraction of sp³-hybridized carbons (Fsp3) is 0.812. The highest BCUT2D eigenvalue weighted by Crippen LogP contribution is 2.30. The second kappa shape index (κ2) is 7.68. The highest BCUT2D eigenvalue weighted by atomic mass is 15.1. The van der Waals surface area contributed by atoms with E-state index in [1.54, 1.807) is 0 Å². The van der Waals surface area contributed by atoms with Crippen molar-refractivity contribution in [2.45, 2.75) is 65.5 Å². The lowest BCUT2D eigenvalue weighted by Gasteiger charge is -2.26. The molecule has 1 saturated carbocycles. The van der Waals surface area contributed by atoms with Gasteiger partial charge >= 0.3 is 0 Å². The molecule has 0 spiro atoms. The second-order valence-electron chi connectivity index (χ2n) is 6.17. The van der Waals surface area contributed by atoms with Crippen LogP contribution in [0.3, 0.4) is 0 Å². The fourth-order valence-corrected chi connectivity index (χ4v) is 3.03. The Bertz CT molecular complexity index is 351. The molecular formula is C16H29N3. The maximum Gasteiger partial charge on any atom is 0.0948 e. The fourth-order valence-electron chi connectivity index (χ4n) is 3.03. The minimum absolute atomic E-state index is 0.940. The standard InChI is InChI=1S/C16H29N3/c1-3-9-17-11-16-12-18-13-19(16)10-8-15-6-4-14(2)5-7-15/h12-15,17H,3-11H2,1-2H3. The van der Waals surface area contributed by atoms with Gasteiger partial charge in [-0.3, -0.25) is 0 Å². The van der Waals surface area contributed by atoms with Crippen LogP contribution in [0.1, 0.15) is 58.1 Å². The summed E-state index contributed by atoms with van der Waals surface area (Å²) in [5.74, 6) is 1.90. The zero-order chi connectivity index (χ0) is 13.5. The molecule has 1 fully saturated rings. The third-order valence-electron chi connectivity index (χ3n) is 4.45. The van der Waals surface area contributed by atoms with E-state index in [2.05, 4.69) is 28.7 Å². The second-order valence-corrected chi connectivity index (χ2v) is 6.17. The Hall–Kier alpha value is -0.830. The van der Waals surface area contributed by atoms with E-state index in [0.717, 1.165) is 31.5 Å². The number of aryl methyl sites for hydroxylation is 1. The van der Waals surface area contributed by atoms with Gasteiger partial charge in [-0.05, 0) is 31.2 Å². The largest absolute Gasteiger partial charge is 0.333 e. The summed E-state index contributed by atoms with van der Waals surface area (Å²) in [4.78, 5) is 4.30. The molecule has 0 aliphatic heterocycles. The van der Waals surface area contributed by atoms with Crippen LogP contribution in [-0.2, 0) is 13.1 Å². The quantitative estimate of drug-likeness (QED) is 0.762. The first-order chi connectivity index (χ1) is 9.29. The van der Waals surface area contributed by atoms with Gasteiger partial charge < -0.3 is 9.88 Å². The van der Waals surface area contributed by atoms with Crippen molar-refractivity contribution in [3.63, 3.8) is 0 Å². The molecular weight excluding hydrogens is 234 g/mol. The van der Waals surface area contributed by atoms with Crippen molar-refractivity contribution in [3.05, 3.63) is 18.2 Å². The number of nitrogens with one attached hydrogen (secondary N) is 1. The summed E-state index contributed by atoms with van der Waals surface area (Å²) < 4.78 is 2.33.